The maximum atomic E-state index is 12.3. The number of fused-ring (bicyclic) bond motifs is 2. The predicted octanol–water partition coefficient (Wildman–Crippen LogP) is 1.89. The molecule has 0 aromatic carbocycles. The third-order valence-electron chi connectivity index (χ3n) is 5.35. The summed E-state index contributed by atoms with van der Waals surface area (Å²) >= 11 is 3.46. The lowest BCUT2D eigenvalue weighted by atomic mass is 9.64. The fourth-order valence-corrected chi connectivity index (χ4v) is 5.19. The standard InChI is InChI=1S/C12H18BrNO2/c1-10(2)11(3)5-6-12(10,9(16)14-4)7(13)8(11)15/h7H,5-6H2,1-4H3,(H,14,16)/t7-,11-,12+/m0/s1. The van der Waals surface area contributed by atoms with Crippen molar-refractivity contribution in [1.82, 2.24) is 5.32 Å². The van der Waals surface area contributed by atoms with E-state index < -0.39 is 5.41 Å². The molecule has 0 aromatic heterocycles. The van der Waals surface area contributed by atoms with Crippen LogP contribution in [0.25, 0.3) is 0 Å². The van der Waals surface area contributed by atoms with E-state index in [1.165, 1.54) is 0 Å². The molecule has 1 amide bonds. The minimum Gasteiger partial charge on any atom is -0.359 e. The van der Waals surface area contributed by atoms with Crippen LogP contribution in [0.4, 0.5) is 0 Å². The van der Waals surface area contributed by atoms with Crippen LogP contribution < -0.4 is 5.32 Å². The predicted molar refractivity (Wildman–Crippen MR) is 65.3 cm³/mol. The molecule has 0 aromatic rings. The average Bonchev–Trinajstić information content (AvgIpc) is 2.51. The molecule has 2 rings (SSSR count). The smallest absolute Gasteiger partial charge is 0.228 e. The highest BCUT2D eigenvalue weighted by Gasteiger charge is 2.76. The fraction of sp³-hybridized carbons (Fsp3) is 0.833. The first-order valence-electron chi connectivity index (χ1n) is 5.66. The van der Waals surface area contributed by atoms with Crippen LogP contribution in [-0.2, 0) is 9.59 Å². The number of hydrogen-bond donors (Lipinski definition) is 1. The number of halogens is 1. The number of amides is 1. The molecule has 0 unspecified atom stereocenters. The monoisotopic (exact) mass is 287 g/mol. The molecular formula is C12H18BrNO2. The summed E-state index contributed by atoms with van der Waals surface area (Å²) < 4.78 is 0. The van der Waals surface area contributed by atoms with Gasteiger partial charge < -0.3 is 5.32 Å². The number of carbonyl (C=O) groups excluding carboxylic acids is 2. The fourth-order valence-electron chi connectivity index (χ4n) is 3.68. The van der Waals surface area contributed by atoms with Crippen molar-refractivity contribution in [1.29, 1.82) is 0 Å². The molecule has 16 heavy (non-hydrogen) atoms. The summed E-state index contributed by atoms with van der Waals surface area (Å²) in [6.45, 7) is 6.10. The van der Waals surface area contributed by atoms with E-state index in [9.17, 15) is 9.59 Å². The summed E-state index contributed by atoms with van der Waals surface area (Å²) in [6.07, 6.45) is 1.60. The quantitative estimate of drug-likeness (QED) is 0.749. The van der Waals surface area contributed by atoms with Gasteiger partial charge in [-0.25, -0.2) is 0 Å². The minimum atomic E-state index is -0.576. The van der Waals surface area contributed by atoms with Crippen molar-refractivity contribution in [3.8, 4) is 0 Å². The highest BCUT2D eigenvalue weighted by molar-refractivity contribution is 9.10. The molecule has 2 aliphatic carbocycles. The van der Waals surface area contributed by atoms with Gasteiger partial charge in [0, 0.05) is 12.5 Å². The Morgan fingerprint density at radius 3 is 2.31 bits per heavy atom. The normalized spacial score (nSPS) is 44.8. The Kier molecular flexibility index (Phi) is 2.34. The summed E-state index contributed by atoms with van der Waals surface area (Å²) in [5.41, 5.74) is -1.23. The zero-order valence-corrected chi connectivity index (χ0v) is 11.8. The van der Waals surface area contributed by atoms with Gasteiger partial charge in [-0.1, -0.05) is 36.7 Å². The highest BCUT2D eigenvalue weighted by atomic mass is 79.9. The lowest BCUT2D eigenvalue weighted by Gasteiger charge is -2.39. The second kappa shape index (κ2) is 3.09. The van der Waals surface area contributed by atoms with Crippen molar-refractivity contribution in [2.45, 2.75) is 38.4 Å². The number of ketones is 1. The first-order valence-corrected chi connectivity index (χ1v) is 6.58. The minimum absolute atomic E-state index is 0.00560. The van der Waals surface area contributed by atoms with Gasteiger partial charge in [0.2, 0.25) is 5.91 Å². The van der Waals surface area contributed by atoms with Gasteiger partial charge in [0.25, 0.3) is 0 Å². The Balaban J connectivity index is 2.63. The van der Waals surface area contributed by atoms with Crippen LogP contribution in [0.3, 0.4) is 0 Å². The van der Waals surface area contributed by atoms with E-state index in [0.29, 0.717) is 0 Å². The van der Waals surface area contributed by atoms with Crippen LogP contribution in [0.2, 0.25) is 0 Å². The summed E-state index contributed by atoms with van der Waals surface area (Å²) in [5.74, 6) is 0.182. The van der Waals surface area contributed by atoms with Gasteiger partial charge in [0.1, 0.15) is 0 Å². The van der Waals surface area contributed by atoms with E-state index in [4.69, 9.17) is 0 Å². The van der Waals surface area contributed by atoms with Crippen LogP contribution in [0, 0.1) is 16.2 Å². The number of nitrogens with one attached hydrogen (secondary N) is 1. The van der Waals surface area contributed by atoms with E-state index in [-0.39, 0.29) is 27.3 Å². The van der Waals surface area contributed by atoms with Gasteiger partial charge in [-0.05, 0) is 18.3 Å². The maximum Gasteiger partial charge on any atom is 0.228 e. The molecule has 2 fully saturated rings. The summed E-state index contributed by atoms with van der Waals surface area (Å²) in [6, 6.07) is 0. The lowest BCUT2D eigenvalue weighted by Crippen LogP contribution is -2.49. The SMILES string of the molecule is CNC(=O)[C@@]12CC[C@@](C)(C(=O)[C@@H]1Br)C2(C)C. The second-order valence-corrected chi connectivity index (χ2v) is 6.65. The molecule has 0 radical (unpaired) electrons. The van der Waals surface area contributed by atoms with Crippen LogP contribution in [0.1, 0.15) is 33.6 Å². The third kappa shape index (κ3) is 0.918. The first kappa shape index (κ1) is 12.1. The van der Waals surface area contributed by atoms with Gasteiger partial charge in [-0.2, -0.15) is 0 Å². The molecular weight excluding hydrogens is 270 g/mol. The van der Waals surface area contributed by atoms with E-state index in [1.807, 2.05) is 6.92 Å². The summed E-state index contributed by atoms with van der Waals surface area (Å²) in [4.78, 5) is 24.2. The van der Waals surface area contributed by atoms with Crippen molar-refractivity contribution in [3.05, 3.63) is 0 Å². The molecule has 3 atom stereocenters. The zero-order chi connectivity index (χ0) is 12.4. The van der Waals surface area contributed by atoms with Gasteiger partial charge in [0.15, 0.2) is 5.78 Å². The van der Waals surface area contributed by atoms with E-state index in [0.717, 1.165) is 12.8 Å². The zero-order valence-electron chi connectivity index (χ0n) is 10.2. The van der Waals surface area contributed by atoms with Crippen LogP contribution in [0.5, 0.6) is 0 Å². The lowest BCUT2D eigenvalue weighted by molar-refractivity contribution is -0.135. The number of hydrogen-bond acceptors (Lipinski definition) is 2. The molecule has 0 aliphatic heterocycles. The largest absolute Gasteiger partial charge is 0.359 e. The Labute approximate surface area is 104 Å². The summed E-state index contributed by atoms with van der Waals surface area (Å²) in [5, 5.41) is 2.73. The van der Waals surface area contributed by atoms with Crippen LogP contribution >= 0.6 is 15.9 Å². The molecule has 2 aliphatic rings. The Morgan fingerprint density at radius 1 is 1.38 bits per heavy atom. The average molecular weight is 288 g/mol. The topological polar surface area (TPSA) is 46.2 Å². The van der Waals surface area contributed by atoms with Gasteiger partial charge >= 0.3 is 0 Å². The number of rotatable bonds is 1. The van der Waals surface area contributed by atoms with Crippen molar-refractivity contribution < 1.29 is 9.59 Å². The molecule has 0 saturated heterocycles. The molecule has 0 heterocycles. The molecule has 2 saturated carbocycles. The highest BCUT2D eigenvalue weighted by Crippen LogP contribution is 2.72. The molecule has 1 N–H and O–H groups in total. The Bertz CT molecular complexity index is 379. The maximum absolute atomic E-state index is 12.3. The summed E-state index contributed by atoms with van der Waals surface area (Å²) in [7, 11) is 1.64. The molecule has 0 spiro atoms. The van der Waals surface area contributed by atoms with Crippen molar-refractivity contribution in [2.24, 2.45) is 16.2 Å². The number of Topliss-reactive ketones (excluding diaryl/α,β-unsaturated/α-hetero) is 1. The van der Waals surface area contributed by atoms with Crippen molar-refractivity contribution >= 4 is 27.6 Å². The Hall–Kier alpha value is -0.380. The van der Waals surface area contributed by atoms with Crippen LogP contribution in [0.15, 0.2) is 0 Å². The van der Waals surface area contributed by atoms with Gasteiger partial charge in [0.05, 0.1) is 10.2 Å². The first-order chi connectivity index (χ1) is 7.25. The third-order valence-corrected chi connectivity index (χ3v) is 6.55. The molecule has 4 heteroatoms. The van der Waals surface area contributed by atoms with Gasteiger partial charge in [-0.15, -0.1) is 0 Å². The Morgan fingerprint density at radius 2 is 1.94 bits per heavy atom. The van der Waals surface area contributed by atoms with Gasteiger partial charge in [-0.3, -0.25) is 9.59 Å². The molecule has 2 bridgehead atoms. The van der Waals surface area contributed by atoms with Crippen LogP contribution in [-0.4, -0.2) is 23.6 Å². The molecule has 90 valence electrons. The number of carbonyl (C=O) groups is 2. The van der Waals surface area contributed by atoms with Crippen molar-refractivity contribution in [2.75, 3.05) is 7.05 Å². The second-order valence-electron chi connectivity index (χ2n) is 5.73. The van der Waals surface area contributed by atoms with E-state index >= 15 is 0 Å². The molecule has 3 nitrogen and oxygen atoms in total. The number of alkyl halides is 1. The van der Waals surface area contributed by atoms with E-state index in [1.54, 1.807) is 7.05 Å². The van der Waals surface area contributed by atoms with E-state index in [2.05, 4.69) is 35.1 Å². The van der Waals surface area contributed by atoms with Crippen molar-refractivity contribution in [3.63, 3.8) is 0 Å².